The SMILES string of the molecule is COCCC(=O)N(C)C[C@H]1CCCN(CCc2ccccc2OC)C1. The molecule has 5 heteroatoms. The van der Waals surface area contributed by atoms with Gasteiger partial charge in [0.25, 0.3) is 0 Å². The largest absolute Gasteiger partial charge is 0.496 e. The molecule has 1 heterocycles. The minimum atomic E-state index is 0.174. The molecule has 0 unspecified atom stereocenters. The molecule has 1 fully saturated rings. The maximum atomic E-state index is 12.1. The summed E-state index contributed by atoms with van der Waals surface area (Å²) in [7, 11) is 5.27. The fourth-order valence-corrected chi connectivity index (χ4v) is 3.56. The molecule has 2 rings (SSSR count). The number of ether oxygens (including phenoxy) is 2. The van der Waals surface area contributed by atoms with Gasteiger partial charge in [0.05, 0.1) is 20.1 Å². The fraction of sp³-hybridized carbons (Fsp3) is 0.650. The van der Waals surface area contributed by atoms with E-state index >= 15 is 0 Å². The summed E-state index contributed by atoms with van der Waals surface area (Å²) in [6.45, 7) is 4.59. The van der Waals surface area contributed by atoms with Crippen LogP contribution in [0.3, 0.4) is 0 Å². The lowest BCUT2D eigenvalue weighted by Crippen LogP contribution is -2.42. The number of para-hydroxylation sites is 1. The van der Waals surface area contributed by atoms with E-state index in [1.807, 2.05) is 24.1 Å². The lowest BCUT2D eigenvalue weighted by Gasteiger charge is -2.34. The number of hydrogen-bond acceptors (Lipinski definition) is 4. The van der Waals surface area contributed by atoms with Gasteiger partial charge in [0.1, 0.15) is 5.75 Å². The Bertz CT molecular complexity index is 535. The molecule has 0 spiro atoms. The number of methoxy groups -OCH3 is 2. The topological polar surface area (TPSA) is 42.0 Å². The number of rotatable bonds is 9. The first-order valence-corrected chi connectivity index (χ1v) is 9.21. The predicted molar refractivity (Wildman–Crippen MR) is 100.0 cm³/mol. The van der Waals surface area contributed by atoms with Crippen molar-refractivity contribution in [3.05, 3.63) is 29.8 Å². The molecule has 1 amide bonds. The summed E-state index contributed by atoms with van der Waals surface area (Å²) < 4.78 is 10.4. The number of nitrogens with zero attached hydrogens (tertiary/aromatic N) is 2. The van der Waals surface area contributed by atoms with Crippen molar-refractivity contribution in [2.45, 2.75) is 25.7 Å². The van der Waals surface area contributed by atoms with Crippen molar-refractivity contribution < 1.29 is 14.3 Å². The van der Waals surface area contributed by atoms with Crippen LogP contribution in [0.4, 0.5) is 0 Å². The van der Waals surface area contributed by atoms with Crippen molar-refractivity contribution >= 4 is 5.91 Å². The molecule has 5 nitrogen and oxygen atoms in total. The van der Waals surface area contributed by atoms with Crippen molar-refractivity contribution in [1.29, 1.82) is 0 Å². The Morgan fingerprint density at radius 2 is 2.12 bits per heavy atom. The lowest BCUT2D eigenvalue weighted by atomic mass is 9.97. The average molecular weight is 348 g/mol. The van der Waals surface area contributed by atoms with Crippen LogP contribution in [-0.4, -0.2) is 69.8 Å². The minimum absolute atomic E-state index is 0.174. The second-order valence-electron chi connectivity index (χ2n) is 6.89. The van der Waals surface area contributed by atoms with E-state index in [1.54, 1.807) is 14.2 Å². The molecule has 1 aliphatic rings. The molecule has 0 aliphatic carbocycles. The van der Waals surface area contributed by atoms with Crippen molar-refractivity contribution in [3.63, 3.8) is 0 Å². The third-order valence-corrected chi connectivity index (χ3v) is 4.97. The summed E-state index contributed by atoms with van der Waals surface area (Å²) in [4.78, 5) is 16.4. The van der Waals surface area contributed by atoms with Gasteiger partial charge in [0.2, 0.25) is 5.91 Å². The molecule has 0 radical (unpaired) electrons. The Hall–Kier alpha value is -1.59. The summed E-state index contributed by atoms with van der Waals surface area (Å²) in [6, 6.07) is 8.24. The Balaban J connectivity index is 1.79. The maximum Gasteiger partial charge on any atom is 0.224 e. The zero-order chi connectivity index (χ0) is 18.1. The van der Waals surface area contributed by atoms with Crippen molar-refractivity contribution in [2.24, 2.45) is 5.92 Å². The second-order valence-corrected chi connectivity index (χ2v) is 6.89. The van der Waals surface area contributed by atoms with Crippen LogP contribution in [0.15, 0.2) is 24.3 Å². The zero-order valence-corrected chi connectivity index (χ0v) is 15.9. The second kappa shape index (κ2) is 10.4. The molecule has 0 saturated carbocycles. The van der Waals surface area contributed by atoms with Crippen molar-refractivity contribution in [1.82, 2.24) is 9.80 Å². The first-order valence-electron chi connectivity index (χ1n) is 9.21. The molecule has 1 saturated heterocycles. The molecule has 1 atom stereocenters. The van der Waals surface area contributed by atoms with E-state index in [-0.39, 0.29) is 5.91 Å². The van der Waals surface area contributed by atoms with E-state index in [0.717, 1.165) is 38.3 Å². The number of hydrogen-bond donors (Lipinski definition) is 0. The summed E-state index contributed by atoms with van der Waals surface area (Å²) in [5.41, 5.74) is 1.26. The normalized spacial score (nSPS) is 18.1. The Labute approximate surface area is 151 Å². The highest BCUT2D eigenvalue weighted by Gasteiger charge is 2.22. The highest BCUT2D eigenvalue weighted by atomic mass is 16.5. The summed E-state index contributed by atoms with van der Waals surface area (Å²) >= 11 is 0. The number of benzene rings is 1. The number of piperidine rings is 1. The molecule has 0 bridgehead atoms. The van der Waals surface area contributed by atoms with Gasteiger partial charge >= 0.3 is 0 Å². The molecule has 0 N–H and O–H groups in total. The standard InChI is InChI=1S/C20H32N2O3/c1-21(20(23)11-14-24-2)15-17-7-6-12-22(16-17)13-10-18-8-4-5-9-19(18)25-3/h4-5,8-9,17H,6-7,10-16H2,1-3H3/t17-/m1/s1. The number of amides is 1. The average Bonchev–Trinajstić information content (AvgIpc) is 2.64. The Morgan fingerprint density at radius 3 is 2.88 bits per heavy atom. The number of carbonyl (C=O) groups excluding carboxylic acids is 1. The van der Waals surface area contributed by atoms with Crippen molar-refractivity contribution in [3.8, 4) is 5.75 Å². The Morgan fingerprint density at radius 1 is 1.32 bits per heavy atom. The van der Waals surface area contributed by atoms with E-state index < -0.39 is 0 Å². The quantitative estimate of drug-likeness (QED) is 0.687. The monoisotopic (exact) mass is 348 g/mol. The van der Waals surface area contributed by atoms with Gasteiger partial charge in [0, 0.05) is 33.8 Å². The van der Waals surface area contributed by atoms with Gasteiger partial charge in [-0.3, -0.25) is 4.79 Å². The molecule has 140 valence electrons. The predicted octanol–water partition coefficient (Wildman–Crippen LogP) is 2.44. The van der Waals surface area contributed by atoms with Crippen LogP contribution in [0.2, 0.25) is 0 Å². The van der Waals surface area contributed by atoms with Crippen LogP contribution in [0.5, 0.6) is 5.75 Å². The van der Waals surface area contributed by atoms with Crippen molar-refractivity contribution in [2.75, 3.05) is 54.1 Å². The molecule has 1 aromatic carbocycles. The van der Waals surface area contributed by atoms with Crippen LogP contribution in [0.1, 0.15) is 24.8 Å². The van der Waals surface area contributed by atoms with E-state index in [1.165, 1.54) is 18.4 Å². The van der Waals surface area contributed by atoms with Gasteiger partial charge in [-0.1, -0.05) is 18.2 Å². The molecule has 25 heavy (non-hydrogen) atoms. The molecular formula is C20H32N2O3. The third-order valence-electron chi connectivity index (χ3n) is 4.97. The van der Waals surface area contributed by atoms with Gasteiger partial charge in [-0.25, -0.2) is 0 Å². The molecule has 0 aromatic heterocycles. The van der Waals surface area contributed by atoms with Gasteiger partial charge in [-0.15, -0.1) is 0 Å². The van der Waals surface area contributed by atoms with Gasteiger partial charge in [0.15, 0.2) is 0 Å². The van der Waals surface area contributed by atoms with Crippen LogP contribution < -0.4 is 4.74 Å². The van der Waals surface area contributed by atoms with Crippen LogP contribution in [0.25, 0.3) is 0 Å². The zero-order valence-electron chi connectivity index (χ0n) is 15.9. The van der Waals surface area contributed by atoms with E-state index in [9.17, 15) is 4.79 Å². The highest BCUT2D eigenvalue weighted by Crippen LogP contribution is 2.21. The first-order chi connectivity index (χ1) is 12.1. The first kappa shape index (κ1) is 19.7. The van der Waals surface area contributed by atoms with Gasteiger partial charge in [-0.05, 0) is 43.4 Å². The smallest absolute Gasteiger partial charge is 0.224 e. The summed E-state index contributed by atoms with van der Waals surface area (Å²) in [6.07, 6.45) is 3.88. The number of likely N-dealkylation sites (tertiary alicyclic amines) is 1. The molecule has 1 aliphatic heterocycles. The lowest BCUT2D eigenvalue weighted by molar-refractivity contribution is -0.131. The third kappa shape index (κ3) is 6.33. The van der Waals surface area contributed by atoms with Gasteiger partial charge < -0.3 is 19.3 Å². The van der Waals surface area contributed by atoms with Crippen LogP contribution in [0, 0.1) is 5.92 Å². The summed E-state index contributed by atoms with van der Waals surface area (Å²) in [5.74, 6) is 1.70. The highest BCUT2D eigenvalue weighted by molar-refractivity contribution is 5.75. The van der Waals surface area contributed by atoms with E-state index in [2.05, 4.69) is 17.0 Å². The Kier molecular flexibility index (Phi) is 8.22. The fourth-order valence-electron chi connectivity index (χ4n) is 3.56. The van der Waals surface area contributed by atoms with Gasteiger partial charge in [-0.2, -0.15) is 0 Å². The van der Waals surface area contributed by atoms with E-state index in [4.69, 9.17) is 9.47 Å². The number of carbonyl (C=O) groups is 1. The van der Waals surface area contributed by atoms with Crippen LogP contribution >= 0.6 is 0 Å². The minimum Gasteiger partial charge on any atom is -0.496 e. The van der Waals surface area contributed by atoms with E-state index in [0.29, 0.717) is 18.9 Å². The maximum absolute atomic E-state index is 12.1. The molecule has 1 aromatic rings. The summed E-state index contributed by atoms with van der Waals surface area (Å²) in [5, 5.41) is 0. The molecular weight excluding hydrogens is 316 g/mol. The van der Waals surface area contributed by atoms with Crippen LogP contribution in [-0.2, 0) is 16.0 Å².